The van der Waals surface area contributed by atoms with Crippen LogP contribution < -0.4 is 5.32 Å². The maximum Gasteiger partial charge on any atom is 0.120 e. The van der Waals surface area contributed by atoms with Crippen LogP contribution in [0.15, 0.2) is 18.2 Å². The van der Waals surface area contributed by atoms with Crippen molar-refractivity contribution in [2.75, 3.05) is 0 Å². The van der Waals surface area contributed by atoms with Crippen molar-refractivity contribution in [3.8, 4) is 5.75 Å². The second-order valence-electron chi connectivity index (χ2n) is 7.47. The third-order valence-electron chi connectivity index (χ3n) is 5.99. The average Bonchev–Trinajstić information content (AvgIpc) is 2.41. The molecule has 0 aliphatic heterocycles. The fraction of sp³-hybridized carbons (Fsp3) is 0.667. The topological polar surface area (TPSA) is 32.3 Å². The normalized spacial score (nSPS) is 38.4. The number of nitrogens with one attached hydrogen (secondary N) is 1. The van der Waals surface area contributed by atoms with Crippen molar-refractivity contribution in [3.63, 3.8) is 0 Å². The van der Waals surface area contributed by atoms with Gasteiger partial charge in [0.15, 0.2) is 0 Å². The first kappa shape index (κ1) is 12.7. The highest BCUT2D eigenvalue weighted by atomic mass is 16.3. The first-order chi connectivity index (χ1) is 9.69. The van der Waals surface area contributed by atoms with E-state index in [-0.39, 0.29) is 0 Å². The zero-order valence-corrected chi connectivity index (χ0v) is 12.3. The first-order valence-corrected chi connectivity index (χ1v) is 8.21. The molecular weight excluding hydrogens is 246 g/mol. The van der Waals surface area contributed by atoms with Gasteiger partial charge in [-0.05, 0) is 68.8 Å². The molecule has 4 aliphatic carbocycles. The third-order valence-corrected chi connectivity index (χ3v) is 5.99. The van der Waals surface area contributed by atoms with Crippen molar-refractivity contribution >= 4 is 0 Å². The molecule has 5 rings (SSSR count). The van der Waals surface area contributed by atoms with E-state index >= 15 is 0 Å². The monoisotopic (exact) mass is 271 g/mol. The van der Waals surface area contributed by atoms with Gasteiger partial charge in [-0.3, -0.25) is 0 Å². The minimum Gasteiger partial charge on any atom is -0.508 e. The Labute approximate surface area is 121 Å². The quantitative estimate of drug-likeness (QED) is 0.880. The molecule has 0 amide bonds. The maximum absolute atomic E-state index is 9.98. The Morgan fingerprint density at radius 2 is 1.70 bits per heavy atom. The second kappa shape index (κ2) is 4.77. The van der Waals surface area contributed by atoms with Crippen LogP contribution in [0.2, 0.25) is 0 Å². The number of rotatable bonds is 3. The van der Waals surface area contributed by atoms with E-state index in [1.807, 2.05) is 12.1 Å². The Morgan fingerprint density at radius 3 is 2.35 bits per heavy atom. The standard InChI is InChI=1S/C18H25NO/c1-11-2-3-17(20)16(4-11)10-19-18-14-6-12-5-13(8-14)9-15(18)7-12/h2-4,12-15,18-20H,5-10H2,1H3. The van der Waals surface area contributed by atoms with E-state index in [4.69, 9.17) is 0 Å². The summed E-state index contributed by atoms with van der Waals surface area (Å²) in [6.45, 7) is 2.91. The molecule has 4 fully saturated rings. The van der Waals surface area contributed by atoms with Crippen LogP contribution in [0.4, 0.5) is 0 Å². The molecule has 0 unspecified atom stereocenters. The van der Waals surface area contributed by atoms with Crippen molar-refractivity contribution in [1.29, 1.82) is 0 Å². The molecule has 0 saturated heterocycles. The van der Waals surface area contributed by atoms with Gasteiger partial charge in [0.1, 0.15) is 5.75 Å². The molecule has 0 heterocycles. The molecule has 0 aromatic heterocycles. The van der Waals surface area contributed by atoms with Gasteiger partial charge in [-0.2, -0.15) is 0 Å². The van der Waals surface area contributed by atoms with Crippen LogP contribution in [-0.2, 0) is 6.54 Å². The summed E-state index contributed by atoms with van der Waals surface area (Å²) < 4.78 is 0. The summed E-state index contributed by atoms with van der Waals surface area (Å²) in [7, 11) is 0. The number of aryl methyl sites for hydroxylation is 1. The summed E-state index contributed by atoms with van der Waals surface area (Å²) in [5, 5.41) is 13.8. The number of hydrogen-bond acceptors (Lipinski definition) is 2. The lowest BCUT2D eigenvalue weighted by Gasteiger charge is -2.54. The molecule has 2 nitrogen and oxygen atoms in total. The van der Waals surface area contributed by atoms with E-state index in [9.17, 15) is 5.11 Å². The van der Waals surface area contributed by atoms with E-state index in [0.717, 1.165) is 35.8 Å². The molecule has 1 aromatic carbocycles. The Morgan fingerprint density at radius 1 is 1.05 bits per heavy atom. The zero-order chi connectivity index (χ0) is 13.7. The highest BCUT2D eigenvalue weighted by Crippen LogP contribution is 2.53. The van der Waals surface area contributed by atoms with E-state index in [2.05, 4.69) is 18.3 Å². The number of hydrogen-bond donors (Lipinski definition) is 2. The molecule has 4 bridgehead atoms. The van der Waals surface area contributed by atoms with Crippen LogP contribution in [-0.4, -0.2) is 11.1 Å². The summed E-state index contributed by atoms with van der Waals surface area (Å²) in [5.74, 6) is 4.30. The molecule has 108 valence electrons. The lowest BCUT2D eigenvalue weighted by molar-refractivity contribution is -0.0143. The van der Waals surface area contributed by atoms with Crippen LogP contribution in [0.3, 0.4) is 0 Å². The number of aromatic hydroxyl groups is 1. The average molecular weight is 271 g/mol. The van der Waals surface area contributed by atoms with Gasteiger partial charge in [-0.15, -0.1) is 0 Å². The summed E-state index contributed by atoms with van der Waals surface area (Å²) >= 11 is 0. The lowest BCUT2D eigenvalue weighted by Crippen LogP contribution is -2.54. The highest BCUT2D eigenvalue weighted by Gasteiger charge is 2.47. The SMILES string of the molecule is Cc1ccc(O)c(CNC2C3CC4CC(C3)CC2C4)c1. The van der Waals surface area contributed by atoms with E-state index in [1.165, 1.54) is 37.7 Å². The molecule has 20 heavy (non-hydrogen) atoms. The van der Waals surface area contributed by atoms with Gasteiger partial charge in [-0.25, -0.2) is 0 Å². The van der Waals surface area contributed by atoms with Gasteiger partial charge in [0.25, 0.3) is 0 Å². The maximum atomic E-state index is 9.98. The minimum atomic E-state index is 0.437. The highest BCUT2D eigenvalue weighted by molar-refractivity contribution is 5.35. The molecule has 0 radical (unpaired) electrons. The van der Waals surface area contributed by atoms with Crippen LogP contribution in [0.1, 0.15) is 43.2 Å². The Kier molecular flexibility index (Phi) is 3.03. The molecule has 1 aromatic rings. The van der Waals surface area contributed by atoms with Gasteiger partial charge in [-0.1, -0.05) is 17.7 Å². The number of phenolic OH excluding ortho intramolecular Hbond substituents is 1. The fourth-order valence-corrected chi connectivity index (χ4v) is 5.34. The Balaban J connectivity index is 1.46. The van der Waals surface area contributed by atoms with E-state index in [0.29, 0.717) is 11.8 Å². The summed E-state index contributed by atoms with van der Waals surface area (Å²) in [4.78, 5) is 0. The first-order valence-electron chi connectivity index (χ1n) is 8.21. The fourth-order valence-electron chi connectivity index (χ4n) is 5.34. The molecule has 2 N–H and O–H groups in total. The van der Waals surface area contributed by atoms with Gasteiger partial charge in [0.2, 0.25) is 0 Å². The van der Waals surface area contributed by atoms with Crippen molar-refractivity contribution in [3.05, 3.63) is 29.3 Å². The zero-order valence-electron chi connectivity index (χ0n) is 12.3. The third kappa shape index (κ3) is 2.14. The van der Waals surface area contributed by atoms with Crippen molar-refractivity contribution in [2.24, 2.45) is 23.7 Å². The molecular formula is C18H25NO. The number of benzene rings is 1. The van der Waals surface area contributed by atoms with Crippen LogP contribution in [0.25, 0.3) is 0 Å². The molecule has 0 spiro atoms. The van der Waals surface area contributed by atoms with E-state index in [1.54, 1.807) is 0 Å². The van der Waals surface area contributed by atoms with Gasteiger partial charge < -0.3 is 10.4 Å². The second-order valence-corrected chi connectivity index (χ2v) is 7.47. The predicted molar refractivity (Wildman–Crippen MR) is 80.5 cm³/mol. The summed E-state index contributed by atoms with van der Waals surface area (Å²) in [6, 6.07) is 6.60. The Bertz CT molecular complexity index is 482. The van der Waals surface area contributed by atoms with Crippen LogP contribution >= 0.6 is 0 Å². The summed E-state index contributed by atoms with van der Waals surface area (Å²) in [6.07, 6.45) is 7.31. The predicted octanol–water partition coefficient (Wildman–Crippen LogP) is 3.61. The molecule has 2 heteroatoms. The largest absolute Gasteiger partial charge is 0.508 e. The smallest absolute Gasteiger partial charge is 0.120 e. The van der Waals surface area contributed by atoms with Crippen molar-refractivity contribution in [2.45, 2.75) is 51.6 Å². The lowest BCUT2D eigenvalue weighted by atomic mass is 9.54. The Hall–Kier alpha value is -1.02. The molecule has 4 aliphatic rings. The van der Waals surface area contributed by atoms with Crippen molar-refractivity contribution < 1.29 is 5.11 Å². The molecule has 4 saturated carbocycles. The van der Waals surface area contributed by atoms with Gasteiger partial charge >= 0.3 is 0 Å². The number of phenols is 1. The molecule has 0 atom stereocenters. The summed E-state index contributed by atoms with van der Waals surface area (Å²) in [5.41, 5.74) is 2.28. The van der Waals surface area contributed by atoms with Crippen LogP contribution in [0.5, 0.6) is 5.75 Å². The van der Waals surface area contributed by atoms with Gasteiger partial charge in [0.05, 0.1) is 0 Å². The van der Waals surface area contributed by atoms with E-state index < -0.39 is 0 Å². The minimum absolute atomic E-state index is 0.437. The van der Waals surface area contributed by atoms with Crippen LogP contribution in [0, 0.1) is 30.6 Å². The van der Waals surface area contributed by atoms with Gasteiger partial charge in [0, 0.05) is 18.2 Å². The van der Waals surface area contributed by atoms with Crippen molar-refractivity contribution in [1.82, 2.24) is 5.32 Å².